The SMILES string of the molecule is CCCCc1ccc(NC(=O)Nc2[nH]c(Cc3ccc(C(=O)NC(C)CC)o3)nc2C(N)=O)cc1. The van der Waals surface area contributed by atoms with E-state index >= 15 is 0 Å². The van der Waals surface area contributed by atoms with Crippen molar-refractivity contribution in [3.05, 3.63) is 65.0 Å². The lowest BCUT2D eigenvalue weighted by Crippen LogP contribution is -2.31. The Kier molecular flexibility index (Phi) is 8.66. The number of hydrogen-bond acceptors (Lipinski definition) is 5. The second-order valence-electron chi connectivity index (χ2n) is 8.38. The van der Waals surface area contributed by atoms with Crippen LogP contribution in [-0.4, -0.2) is 33.9 Å². The summed E-state index contributed by atoms with van der Waals surface area (Å²) < 4.78 is 5.61. The second kappa shape index (κ2) is 11.9. The molecule has 1 unspecified atom stereocenters. The molecule has 10 heteroatoms. The number of imidazole rings is 1. The zero-order valence-electron chi connectivity index (χ0n) is 20.2. The fraction of sp³-hybridized carbons (Fsp3) is 0.360. The molecule has 0 fully saturated rings. The number of furan rings is 1. The Hall–Kier alpha value is -4.08. The molecule has 186 valence electrons. The van der Waals surface area contributed by atoms with Gasteiger partial charge < -0.3 is 25.8 Å². The van der Waals surface area contributed by atoms with Gasteiger partial charge in [0.1, 0.15) is 17.4 Å². The molecule has 0 aliphatic carbocycles. The first-order valence-electron chi connectivity index (χ1n) is 11.7. The smallest absolute Gasteiger partial charge is 0.324 e. The minimum absolute atomic E-state index is 0.0259. The number of hydrogen-bond donors (Lipinski definition) is 5. The highest BCUT2D eigenvalue weighted by Gasteiger charge is 2.19. The number of amides is 4. The number of aryl methyl sites for hydroxylation is 1. The van der Waals surface area contributed by atoms with Crippen LogP contribution in [0.1, 0.15) is 78.2 Å². The summed E-state index contributed by atoms with van der Waals surface area (Å²) in [6.45, 7) is 6.02. The Morgan fingerprint density at radius 3 is 2.49 bits per heavy atom. The van der Waals surface area contributed by atoms with E-state index in [0.717, 1.165) is 25.7 Å². The number of unbranched alkanes of at least 4 members (excludes halogenated alkanes) is 1. The number of urea groups is 1. The maximum atomic E-state index is 12.5. The number of nitrogens with zero attached hydrogens (tertiary/aromatic N) is 1. The van der Waals surface area contributed by atoms with Crippen molar-refractivity contribution < 1.29 is 18.8 Å². The van der Waals surface area contributed by atoms with Gasteiger partial charge in [-0.2, -0.15) is 0 Å². The Labute approximate surface area is 204 Å². The van der Waals surface area contributed by atoms with Gasteiger partial charge in [-0.1, -0.05) is 32.4 Å². The lowest BCUT2D eigenvalue weighted by atomic mass is 10.1. The molecule has 35 heavy (non-hydrogen) atoms. The van der Waals surface area contributed by atoms with Crippen molar-refractivity contribution in [3.8, 4) is 0 Å². The Balaban J connectivity index is 1.65. The lowest BCUT2D eigenvalue weighted by molar-refractivity contribution is 0.0909. The van der Waals surface area contributed by atoms with Crippen LogP contribution in [0.3, 0.4) is 0 Å². The van der Waals surface area contributed by atoms with Gasteiger partial charge in [0.25, 0.3) is 11.8 Å². The maximum absolute atomic E-state index is 12.5. The van der Waals surface area contributed by atoms with Crippen LogP contribution in [0, 0.1) is 0 Å². The first kappa shape index (κ1) is 25.5. The maximum Gasteiger partial charge on any atom is 0.324 e. The molecule has 0 aliphatic rings. The predicted octanol–water partition coefficient (Wildman–Crippen LogP) is 4.21. The van der Waals surface area contributed by atoms with Crippen LogP contribution in [0.4, 0.5) is 16.3 Å². The zero-order valence-corrected chi connectivity index (χ0v) is 20.2. The van der Waals surface area contributed by atoms with E-state index in [1.54, 1.807) is 12.1 Å². The molecule has 3 rings (SSSR count). The standard InChI is InChI=1S/C25H32N6O4/c1-4-6-7-16-8-10-17(11-9-16)28-25(34)31-23-21(22(26)32)29-20(30-23)14-18-12-13-19(35-18)24(33)27-15(3)5-2/h8-13,15H,4-7,14H2,1-3H3,(H2,26,32)(H,27,33)(H,29,30)(H2,28,31,34). The van der Waals surface area contributed by atoms with Crippen LogP contribution in [0.15, 0.2) is 40.8 Å². The molecule has 0 saturated carbocycles. The molecule has 0 saturated heterocycles. The number of nitrogens with one attached hydrogen (secondary N) is 4. The van der Waals surface area contributed by atoms with Gasteiger partial charge in [0.2, 0.25) is 0 Å². The number of nitrogens with two attached hydrogens (primary N) is 1. The zero-order chi connectivity index (χ0) is 25.4. The number of H-pyrrole nitrogens is 1. The Morgan fingerprint density at radius 2 is 1.83 bits per heavy atom. The summed E-state index contributed by atoms with van der Waals surface area (Å²) in [6, 6.07) is 10.3. The third-order valence-electron chi connectivity index (χ3n) is 5.47. The van der Waals surface area contributed by atoms with Gasteiger partial charge in [-0.05, 0) is 56.0 Å². The molecule has 4 amide bonds. The van der Waals surface area contributed by atoms with Crippen molar-refractivity contribution in [2.24, 2.45) is 5.73 Å². The van der Waals surface area contributed by atoms with Crippen molar-refractivity contribution in [1.29, 1.82) is 0 Å². The molecule has 2 heterocycles. The van der Waals surface area contributed by atoms with Crippen molar-refractivity contribution in [3.63, 3.8) is 0 Å². The van der Waals surface area contributed by atoms with Crippen molar-refractivity contribution in [2.75, 3.05) is 10.6 Å². The number of aromatic amines is 1. The molecule has 0 aliphatic heterocycles. The summed E-state index contributed by atoms with van der Waals surface area (Å²) in [4.78, 5) is 43.7. The molecular formula is C25H32N6O4. The summed E-state index contributed by atoms with van der Waals surface area (Å²) in [5.74, 6) is -0.0384. The fourth-order valence-corrected chi connectivity index (χ4v) is 3.34. The van der Waals surface area contributed by atoms with Gasteiger partial charge >= 0.3 is 6.03 Å². The van der Waals surface area contributed by atoms with Crippen molar-refractivity contribution >= 4 is 29.4 Å². The molecule has 1 atom stereocenters. The van der Waals surface area contributed by atoms with Gasteiger partial charge in [0, 0.05) is 11.7 Å². The number of aromatic nitrogens is 2. The van der Waals surface area contributed by atoms with E-state index in [1.807, 2.05) is 38.1 Å². The van der Waals surface area contributed by atoms with Crippen molar-refractivity contribution in [1.82, 2.24) is 15.3 Å². The van der Waals surface area contributed by atoms with Crippen LogP contribution >= 0.6 is 0 Å². The number of rotatable bonds is 11. The highest BCUT2D eigenvalue weighted by molar-refractivity contribution is 6.04. The lowest BCUT2D eigenvalue weighted by Gasteiger charge is -2.09. The molecule has 0 bridgehead atoms. The molecule has 6 N–H and O–H groups in total. The Morgan fingerprint density at radius 1 is 1.09 bits per heavy atom. The van der Waals surface area contributed by atoms with Crippen LogP contribution in [-0.2, 0) is 12.8 Å². The van der Waals surface area contributed by atoms with Gasteiger partial charge in [0.05, 0.1) is 6.42 Å². The number of carbonyl (C=O) groups is 3. The van der Waals surface area contributed by atoms with Crippen LogP contribution in [0.2, 0.25) is 0 Å². The van der Waals surface area contributed by atoms with Gasteiger partial charge in [0.15, 0.2) is 11.5 Å². The predicted molar refractivity (Wildman–Crippen MR) is 134 cm³/mol. The quantitative estimate of drug-likeness (QED) is 0.278. The van der Waals surface area contributed by atoms with E-state index in [4.69, 9.17) is 10.2 Å². The summed E-state index contributed by atoms with van der Waals surface area (Å²) in [5.41, 5.74) is 7.15. The molecule has 0 spiro atoms. The number of benzene rings is 1. The third kappa shape index (κ3) is 7.20. The van der Waals surface area contributed by atoms with E-state index in [2.05, 4.69) is 32.8 Å². The second-order valence-corrected chi connectivity index (χ2v) is 8.38. The van der Waals surface area contributed by atoms with Crippen LogP contribution in [0.25, 0.3) is 0 Å². The summed E-state index contributed by atoms with van der Waals surface area (Å²) in [7, 11) is 0. The normalized spacial score (nSPS) is 11.6. The van der Waals surface area contributed by atoms with E-state index in [-0.39, 0.29) is 35.6 Å². The van der Waals surface area contributed by atoms with E-state index < -0.39 is 11.9 Å². The summed E-state index contributed by atoms with van der Waals surface area (Å²) >= 11 is 0. The largest absolute Gasteiger partial charge is 0.455 e. The average Bonchev–Trinajstić information content (AvgIpc) is 3.45. The first-order valence-corrected chi connectivity index (χ1v) is 11.7. The molecule has 3 aromatic rings. The summed E-state index contributed by atoms with van der Waals surface area (Å²) in [6.07, 6.45) is 4.18. The summed E-state index contributed by atoms with van der Waals surface area (Å²) in [5, 5.41) is 8.14. The minimum atomic E-state index is -0.795. The van der Waals surface area contributed by atoms with Gasteiger partial charge in [-0.15, -0.1) is 0 Å². The Bertz CT molecular complexity index is 1170. The van der Waals surface area contributed by atoms with Crippen LogP contribution < -0.4 is 21.7 Å². The van der Waals surface area contributed by atoms with E-state index in [0.29, 0.717) is 17.3 Å². The molecule has 0 radical (unpaired) electrons. The van der Waals surface area contributed by atoms with Gasteiger partial charge in [-0.25, -0.2) is 9.78 Å². The van der Waals surface area contributed by atoms with E-state index in [9.17, 15) is 14.4 Å². The third-order valence-corrected chi connectivity index (χ3v) is 5.47. The highest BCUT2D eigenvalue weighted by atomic mass is 16.3. The monoisotopic (exact) mass is 480 g/mol. The van der Waals surface area contributed by atoms with Crippen molar-refractivity contribution in [2.45, 2.75) is 58.9 Å². The number of carbonyl (C=O) groups excluding carboxylic acids is 3. The van der Waals surface area contributed by atoms with Gasteiger partial charge in [-0.3, -0.25) is 14.9 Å². The van der Waals surface area contributed by atoms with Crippen LogP contribution in [0.5, 0.6) is 0 Å². The molecule has 2 aromatic heterocycles. The average molecular weight is 481 g/mol. The minimum Gasteiger partial charge on any atom is -0.455 e. The number of primary amides is 1. The van der Waals surface area contributed by atoms with E-state index in [1.165, 1.54) is 5.56 Å². The molecule has 10 nitrogen and oxygen atoms in total. The fourth-order valence-electron chi connectivity index (χ4n) is 3.34. The highest BCUT2D eigenvalue weighted by Crippen LogP contribution is 2.18. The first-order chi connectivity index (χ1) is 16.8. The topological polar surface area (TPSA) is 155 Å². The molecule has 1 aromatic carbocycles. The molecular weight excluding hydrogens is 448 g/mol. The number of anilines is 2.